The number of ether oxygens (including phenoxy) is 1. The lowest BCUT2D eigenvalue weighted by Gasteiger charge is -2.39. The molecule has 9 heteroatoms. The molecule has 0 spiro atoms. The van der Waals surface area contributed by atoms with Crippen molar-refractivity contribution in [1.29, 1.82) is 0 Å². The summed E-state index contributed by atoms with van der Waals surface area (Å²) in [4.78, 5) is 15.3. The fourth-order valence-corrected chi connectivity index (χ4v) is 5.16. The van der Waals surface area contributed by atoms with Gasteiger partial charge in [0.15, 0.2) is 12.4 Å². The smallest absolute Gasteiger partial charge is 0.286 e. The van der Waals surface area contributed by atoms with E-state index in [4.69, 9.17) is 4.74 Å². The lowest BCUT2D eigenvalue weighted by molar-refractivity contribution is -0.771. The van der Waals surface area contributed by atoms with Crippen molar-refractivity contribution in [2.75, 3.05) is 6.61 Å². The van der Waals surface area contributed by atoms with E-state index < -0.39 is 37.2 Å². The Morgan fingerprint density at radius 1 is 1.12 bits per heavy atom. The second kappa shape index (κ2) is 8.21. The van der Waals surface area contributed by atoms with Gasteiger partial charge in [-0.2, -0.15) is 4.57 Å². The Balaban J connectivity index is 1.71. The summed E-state index contributed by atoms with van der Waals surface area (Å²) in [7, 11) is 0. The van der Waals surface area contributed by atoms with Gasteiger partial charge in [-0.05, 0) is 48.6 Å². The fourth-order valence-electron chi connectivity index (χ4n) is 5.16. The second-order valence-corrected chi connectivity index (χ2v) is 9.03. The molecule has 1 fully saturated rings. The van der Waals surface area contributed by atoms with Gasteiger partial charge in [-0.3, -0.25) is 4.79 Å². The lowest BCUT2D eigenvalue weighted by atomic mass is 9.94. The maximum Gasteiger partial charge on any atom is 0.286 e. The number of carbonyl (C=O) groups excluding carboxylic acids is 1. The van der Waals surface area contributed by atoms with Gasteiger partial charge in [-0.15, -0.1) is 0 Å². The number of aromatic nitrogens is 2. The minimum absolute atomic E-state index is 0.185. The quantitative estimate of drug-likeness (QED) is 0.251. The van der Waals surface area contributed by atoms with Gasteiger partial charge in [0.05, 0.1) is 12.1 Å². The molecule has 1 aliphatic heterocycles. The number of aromatic hydroxyl groups is 1. The van der Waals surface area contributed by atoms with Crippen LogP contribution in [0.15, 0.2) is 36.7 Å². The number of rotatable bonds is 3. The minimum atomic E-state index is -1.35. The lowest BCUT2D eigenvalue weighted by Crippen LogP contribution is -2.67. The molecule has 0 radical (unpaired) electrons. The third-order valence-corrected chi connectivity index (χ3v) is 6.89. The number of nitrogens with one attached hydrogen (secondary N) is 2. The van der Waals surface area contributed by atoms with Crippen molar-refractivity contribution in [1.82, 2.24) is 10.3 Å². The molecule has 0 bridgehead atoms. The van der Waals surface area contributed by atoms with Gasteiger partial charge in [0, 0.05) is 34.7 Å². The third kappa shape index (κ3) is 3.40. The van der Waals surface area contributed by atoms with E-state index in [9.17, 15) is 25.2 Å². The number of aryl methyl sites for hydroxylation is 2. The molecule has 1 amide bonds. The van der Waals surface area contributed by atoms with Crippen molar-refractivity contribution in [2.24, 2.45) is 0 Å². The predicted molar refractivity (Wildman–Crippen MR) is 125 cm³/mol. The molecule has 4 aromatic rings. The van der Waals surface area contributed by atoms with Crippen LogP contribution in [-0.2, 0) is 9.53 Å². The molecule has 9 nitrogen and oxygen atoms in total. The average molecular weight is 467 g/mol. The van der Waals surface area contributed by atoms with E-state index in [-0.39, 0.29) is 11.7 Å². The Bertz CT molecular complexity index is 1430. The van der Waals surface area contributed by atoms with Crippen LogP contribution < -0.4 is 9.88 Å². The number of hydrogen-bond donors (Lipinski definition) is 6. The third-order valence-electron chi connectivity index (χ3n) is 6.89. The number of hydrogen-bond acceptors (Lipinski definition) is 6. The number of benzene rings is 2. The van der Waals surface area contributed by atoms with E-state index in [2.05, 4.69) is 10.3 Å². The Morgan fingerprint density at radius 3 is 2.59 bits per heavy atom. The highest BCUT2D eigenvalue weighted by atomic mass is 16.5. The fraction of sp³-hybridized carbons (Fsp3) is 0.360. The predicted octanol–water partition coefficient (Wildman–Crippen LogP) is 1.20. The number of aliphatic hydroxyl groups excluding tert-OH is 3. The highest BCUT2D eigenvalue weighted by molar-refractivity contribution is 6.16. The molecule has 2 aromatic carbocycles. The van der Waals surface area contributed by atoms with E-state index in [1.807, 2.05) is 32.2 Å². The zero-order valence-corrected chi connectivity index (χ0v) is 19.1. The number of amides is 1. The highest BCUT2D eigenvalue weighted by Crippen LogP contribution is 2.37. The summed E-state index contributed by atoms with van der Waals surface area (Å²) in [5.41, 5.74) is 3.96. The van der Waals surface area contributed by atoms with E-state index in [1.54, 1.807) is 22.9 Å². The Hall–Kier alpha value is -3.24. The Kier molecular flexibility index (Phi) is 5.44. The number of aromatic amines is 1. The van der Waals surface area contributed by atoms with Crippen LogP contribution in [0.3, 0.4) is 0 Å². The van der Waals surface area contributed by atoms with E-state index in [0.29, 0.717) is 0 Å². The maximum atomic E-state index is 11.8. The van der Waals surface area contributed by atoms with Crippen LogP contribution in [0.1, 0.15) is 24.3 Å². The zero-order chi connectivity index (χ0) is 24.3. The number of phenolic OH excluding ortho intramolecular Hbond substituents is 1. The van der Waals surface area contributed by atoms with Crippen molar-refractivity contribution < 1.29 is 34.5 Å². The van der Waals surface area contributed by atoms with Crippen LogP contribution in [0, 0.1) is 13.8 Å². The minimum Gasteiger partial charge on any atom is -0.508 e. The summed E-state index contributed by atoms with van der Waals surface area (Å²) in [5, 5.41) is 47.3. The summed E-state index contributed by atoms with van der Waals surface area (Å²) in [6.07, 6.45) is -0.849. The number of nitrogens with zero attached hydrogens (tertiary/aromatic N) is 1. The van der Waals surface area contributed by atoms with Crippen LogP contribution in [-0.4, -0.2) is 62.3 Å². The molecule has 2 aromatic heterocycles. The SMILES string of the molecule is CC(=O)N[C@@H]1[C@@H](O)[C@@H](O)[C@@H](CO)O[C@H]1[n+]1ccc2c(C)c3[nH]c4ccc(O)cc4c3c(C)c2c1. The molecule has 6 N–H and O–H groups in total. The number of pyridine rings is 1. The first-order valence-corrected chi connectivity index (χ1v) is 11.2. The molecule has 34 heavy (non-hydrogen) atoms. The maximum absolute atomic E-state index is 11.8. The van der Waals surface area contributed by atoms with Crippen LogP contribution in [0.4, 0.5) is 0 Å². The van der Waals surface area contributed by atoms with Gasteiger partial charge in [-0.25, -0.2) is 0 Å². The molecular formula is C25H28N3O6+. The highest BCUT2D eigenvalue weighted by Gasteiger charge is 2.49. The van der Waals surface area contributed by atoms with E-state index in [0.717, 1.165) is 43.7 Å². The molecule has 3 heterocycles. The van der Waals surface area contributed by atoms with Gasteiger partial charge in [0.2, 0.25) is 5.91 Å². The van der Waals surface area contributed by atoms with Gasteiger partial charge >= 0.3 is 0 Å². The van der Waals surface area contributed by atoms with Crippen LogP contribution >= 0.6 is 0 Å². The van der Waals surface area contributed by atoms with Gasteiger partial charge < -0.3 is 35.5 Å². The van der Waals surface area contributed by atoms with E-state index in [1.165, 1.54) is 6.92 Å². The van der Waals surface area contributed by atoms with Crippen LogP contribution in [0.2, 0.25) is 0 Å². The number of H-pyrrole nitrogens is 1. The molecule has 0 aliphatic carbocycles. The van der Waals surface area contributed by atoms with Crippen molar-refractivity contribution in [3.8, 4) is 5.75 Å². The Labute approximate surface area is 195 Å². The first-order chi connectivity index (χ1) is 16.2. The summed E-state index contributed by atoms with van der Waals surface area (Å²) in [6.45, 7) is 4.89. The molecule has 5 rings (SSSR count). The number of carbonyl (C=O) groups is 1. The topological polar surface area (TPSA) is 139 Å². The summed E-state index contributed by atoms with van der Waals surface area (Å²) >= 11 is 0. The largest absolute Gasteiger partial charge is 0.508 e. The zero-order valence-electron chi connectivity index (χ0n) is 19.1. The van der Waals surface area contributed by atoms with Gasteiger partial charge in [-0.1, -0.05) is 0 Å². The standard InChI is InChI=1S/C25H27N3O6/c1-11-17-9-28(25-22(26-13(3)30)24(33)23(32)19(10-29)34-25)7-6-15(17)12(2)21-20(11)16-8-14(31)4-5-18(16)27-21/h4-9,19,22-25,29,32-33H,10H2,1-3H3,(H2,26,30,31)/p+1/t19-,22-,23+,24-,25-/m1/s1. The van der Waals surface area contributed by atoms with Gasteiger partial charge in [0.25, 0.3) is 6.23 Å². The number of phenols is 1. The van der Waals surface area contributed by atoms with Crippen molar-refractivity contribution in [3.63, 3.8) is 0 Å². The van der Waals surface area contributed by atoms with E-state index >= 15 is 0 Å². The first-order valence-electron chi connectivity index (χ1n) is 11.2. The molecule has 1 saturated heterocycles. The molecular weight excluding hydrogens is 438 g/mol. The summed E-state index contributed by atoms with van der Waals surface area (Å²) < 4.78 is 7.69. The molecule has 178 valence electrons. The molecule has 0 unspecified atom stereocenters. The second-order valence-electron chi connectivity index (χ2n) is 9.03. The van der Waals surface area contributed by atoms with Crippen molar-refractivity contribution in [2.45, 2.75) is 51.4 Å². The summed E-state index contributed by atoms with van der Waals surface area (Å²) in [5.74, 6) is -0.189. The normalized spacial score (nSPS) is 25.3. The van der Waals surface area contributed by atoms with Crippen molar-refractivity contribution >= 4 is 38.5 Å². The van der Waals surface area contributed by atoms with Gasteiger partial charge in [0.1, 0.15) is 30.1 Å². The number of aliphatic hydroxyl groups is 3. The molecule has 1 aliphatic rings. The molecule has 0 saturated carbocycles. The van der Waals surface area contributed by atoms with Crippen molar-refractivity contribution in [3.05, 3.63) is 47.8 Å². The summed E-state index contributed by atoms with van der Waals surface area (Å²) in [6, 6.07) is 6.26. The number of fused-ring (bicyclic) bond motifs is 4. The Morgan fingerprint density at radius 2 is 1.88 bits per heavy atom. The molecule has 5 atom stereocenters. The van der Waals surface area contributed by atoms with Crippen LogP contribution in [0.25, 0.3) is 32.6 Å². The average Bonchev–Trinajstić information content (AvgIpc) is 3.19. The first kappa shape index (κ1) is 22.5. The monoisotopic (exact) mass is 466 g/mol. The van der Waals surface area contributed by atoms with Crippen LogP contribution in [0.5, 0.6) is 5.75 Å².